The van der Waals surface area contributed by atoms with Crippen molar-refractivity contribution in [1.82, 2.24) is 0 Å². The van der Waals surface area contributed by atoms with E-state index in [2.05, 4.69) is 13.8 Å². The number of hydrogen-bond acceptors (Lipinski definition) is 8. The normalized spacial score (nSPS) is 54.9. The molecule has 0 amide bonds. The Morgan fingerprint density at radius 2 is 1.63 bits per heavy atom. The number of carbonyl (C=O) groups is 1. The van der Waals surface area contributed by atoms with Gasteiger partial charge in [0.1, 0.15) is 24.4 Å². The Morgan fingerprint density at radius 1 is 0.943 bits per heavy atom. The Morgan fingerprint density at radius 3 is 2.31 bits per heavy atom. The molecule has 0 bridgehead atoms. The summed E-state index contributed by atoms with van der Waals surface area (Å²) in [5.74, 6) is 1.32. The lowest BCUT2D eigenvalue weighted by molar-refractivity contribution is -0.354. The van der Waals surface area contributed by atoms with Gasteiger partial charge in [-0.15, -0.1) is 0 Å². The SMILES string of the molecule is C[C@H](O)[C@H]1CC[C@H]2[C@@H]3CC[C@@H]4C[C@H](O[C@@H]5O[C@H](C(=O)[O-])[C@@H](O)[C@H](O)[C@H]5O)CC[C@]4(C)[C@H]3CC[C@]12C. The topological polar surface area (TPSA) is 140 Å². The number of aliphatic carboxylic acids is 1. The molecule has 1 aliphatic heterocycles. The Hall–Kier alpha value is -0.770. The van der Waals surface area contributed by atoms with Crippen molar-refractivity contribution in [3.63, 3.8) is 0 Å². The van der Waals surface area contributed by atoms with E-state index in [9.17, 15) is 30.3 Å². The Labute approximate surface area is 208 Å². The van der Waals surface area contributed by atoms with Crippen molar-refractivity contribution < 1.29 is 39.8 Å². The minimum absolute atomic E-state index is 0.200. The Balaban J connectivity index is 1.26. The molecule has 5 fully saturated rings. The zero-order chi connectivity index (χ0) is 25.3. The van der Waals surface area contributed by atoms with Crippen molar-refractivity contribution in [2.75, 3.05) is 0 Å². The van der Waals surface area contributed by atoms with Crippen LogP contribution in [0, 0.1) is 40.4 Å². The first-order chi connectivity index (χ1) is 16.5. The molecule has 4 saturated carbocycles. The number of carbonyl (C=O) groups excluding carboxylic acids is 1. The minimum atomic E-state index is -1.76. The highest BCUT2D eigenvalue weighted by Gasteiger charge is 2.61. The first-order valence-electron chi connectivity index (χ1n) is 13.7. The molecule has 35 heavy (non-hydrogen) atoms. The quantitative estimate of drug-likeness (QED) is 0.423. The second-order valence-electron chi connectivity index (χ2n) is 12.9. The fourth-order valence-electron chi connectivity index (χ4n) is 9.52. The first-order valence-corrected chi connectivity index (χ1v) is 13.7. The number of rotatable bonds is 4. The van der Waals surface area contributed by atoms with Gasteiger partial charge in [-0.05, 0) is 105 Å². The highest BCUT2D eigenvalue weighted by molar-refractivity contribution is 5.71. The van der Waals surface area contributed by atoms with Crippen molar-refractivity contribution in [3.8, 4) is 0 Å². The third kappa shape index (κ3) is 4.07. The van der Waals surface area contributed by atoms with Crippen LogP contribution < -0.4 is 5.11 Å². The summed E-state index contributed by atoms with van der Waals surface area (Å²) in [7, 11) is 0. The summed E-state index contributed by atoms with van der Waals surface area (Å²) in [6, 6.07) is 0. The van der Waals surface area contributed by atoms with Gasteiger partial charge in [0, 0.05) is 0 Å². The molecule has 1 heterocycles. The maximum absolute atomic E-state index is 11.3. The van der Waals surface area contributed by atoms with Crippen molar-refractivity contribution in [2.45, 2.75) is 121 Å². The van der Waals surface area contributed by atoms with Gasteiger partial charge in [0.25, 0.3) is 0 Å². The minimum Gasteiger partial charge on any atom is -0.547 e. The molecule has 4 aliphatic carbocycles. The maximum atomic E-state index is 11.3. The third-order valence-electron chi connectivity index (χ3n) is 11.4. The Bertz CT molecular complexity index is 804. The summed E-state index contributed by atoms with van der Waals surface area (Å²) >= 11 is 0. The number of ether oxygens (including phenoxy) is 2. The van der Waals surface area contributed by atoms with Gasteiger partial charge in [-0.3, -0.25) is 0 Å². The van der Waals surface area contributed by atoms with Gasteiger partial charge in [0.05, 0.1) is 18.2 Å². The van der Waals surface area contributed by atoms with Gasteiger partial charge in [0.2, 0.25) is 0 Å². The van der Waals surface area contributed by atoms with Crippen LogP contribution in [0.3, 0.4) is 0 Å². The summed E-state index contributed by atoms with van der Waals surface area (Å²) in [6.45, 7) is 6.84. The van der Waals surface area contributed by atoms with E-state index in [0.29, 0.717) is 29.6 Å². The van der Waals surface area contributed by atoms with Crippen molar-refractivity contribution in [1.29, 1.82) is 0 Å². The van der Waals surface area contributed by atoms with Crippen molar-refractivity contribution in [3.05, 3.63) is 0 Å². The van der Waals surface area contributed by atoms with E-state index in [-0.39, 0.29) is 23.0 Å². The molecule has 0 aromatic carbocycles. The van der Waals surface area contributed by atoms with Gasteiger partial charge in [-0.1, -0.05) is 13.8 Å². The van der Waals surface area contributed by atoms with Crippen LogP contribution in [0.5, 0.6) is 0 Å². The smallest absolute Gasteiger partial charge is 0.187 e. The second-order valence-corrected chi connectivity index (χ2v) is 12.9. The molecule has 5 aliphatic rings. The van der Waals surface area contributed by atoms with E-state index < -0.39 is 36.7 Å². The zero-order valence-electron chi connectivity index (χ0n) is 21.2. The standard InChI is InChI=1S/C27H44O8/c1-13(28)17-6-7-18-16-5-4-14-12-15(8-10-26(14,2)19(16)9-11-27(17,18)3)34-25-22(31)20(29)21(30)23(35-25)24(32)33/h13-23,25,28-31H,4-12H2,1-3H3,(H,32,33)/p-1/t13-,14+,15+,16-,17+,18-,19-,20-,21-,22+,23-,25+,26-,27+/m0/s1. The molecule has 8 nitrogen and oxygen atoms in total. The van der Waals surface area contributed by atoms with Crippen LogP contribution in [0.2, 0.25) is 0 Å². The largest absolute Gasteiger partial charge is 0.547 e. The molecule has 1 saturated heterocycles. The molecule has 8 heteroatoms. The fraction of sp³-hybridized carbons (Fsp3) is 0.963. The van der Waals surface area contributed by atoms with E-state index in [4.69, 9.17) is 9.47 Å². The molecular weight excluding hydrogens is 452 g/mol. The molecule has 0 spiro atoms. The average Bonchev–Trinajstić information content (AvgIpc) is 3.17. The predicted octanol–water partition coefficient (Wildman–Crippen LogP) is 0.969. The molecular formula is C27H43O8-. The fourth-order valence-corrected chi connectivity index (χ4v) is 9.52. The molecule has 14 atom stereocenters. The van der Waals surface area contributed by atoms with E-state index in [1.165, 1.54) is 25.7 Å². The van der Waals surface area contributed by atoms with Gasteiger partial charge in [-0.25, -0.2) is 0 Å². The molecule has 0 aromatic heterocycles. The van der Waals surface area contributed by atoms with Gasteiger partial charge in [-0.2, -0.15) is 0 Å². The van der Waals surface area contributed by atoms with Gasteiger partial charge < -0.3 is 39.8 Å². The lowest BCUT2D eigenvalue weighted by Gasteiger charge is -2.61. The predicted molar refractivity (Wildman–Crippen MR) is 123 cm³/mol. The lowest BCUT2D eigenvalue weighted by Crippen LogP contribution is -2.63. The Kier molecular flexibility index (Phi) is 6.80. The highest BCUT2D eigenvalue weighted by atomic mass is 16.7. The number of fused-ring (bicyclic) bond motifs is 5. The maximum Gasteiger partial charge on any atom is 0.187 e. The first kappa shape index (κ1) is 25.9. The molecule has 5 rings (SSSR count). The zero-order valence-corrected chi connectivity index (χ0v) is 21.2. The number of carboxylic acids is 1. The van der Waals surface area contributed by atoms with Crippen molar-refractivity contribution in [2.24, 2.45) is 40.4 Å². The number of carboxylic acid groups (broad SMARTS) is 1. The summed E-state index contributed by atoms with van der Waals surface area (Å²) in [5.41, 5.74) is 0.469. The van der Waals surface area contributed by atoms with Gasteiger partial charge >= 0.3 is 0 Å². The van der Waals surface area contributed by atoms with Crippen LogP contribution in [-0.2, 0) is 14.3 Å². The monoisotopic (exact) mass is 495 g/mol. The number of aliphatic hydroxyl groups is 4. The van der Waals surface area contributed by atoms with E-state index in [0.717, 1.165) is 32.1 Å². The van der Waals surface area contributed by atoms with E-state index >= 15 is 0 Å². The second kappa shape index (κ2) is 9.21. The van der Waals surface area contributed by atoms with E-state index in [1.807, 2.05) is 6.92 Å². The highest BCUT2D eigenvalue weighted by Crippen LogP contribution is 2.67. The average molecular weight is 496 g/mol. The van der Waals surface area contributed by atoms with E-state index in [1.54, 1.807) is 0 Å². The summed E-state index contributed by atoms with van der Waals surface area (Å²) in [6.07, 6.45) is 1.24. The molecule has 200 valence electrons. The van der Waals surface area contributed by atoms with Crippen LogP contribution in [0.4, 0.5) is 0 Å². The van der Waals surface area contributed by atoms with Crippen LogP contribution in [0.15, 0.2) is 0 Å². The van der Waals surface area contributed by atoms with Crippen molar-refractivity contribution >= 4 is 5.97 Å². The van der Waals surface area contributed by atoms with Crippen LogP contribution in [-0.4, -0.2) is 69.3 Å². The van der Waals surface area contributed by atoms with Crippen LogP contribution in [0.1, 0.15) is 78.6 Å². The van der Waals surface area contributed by atoms with Gasteiger partial charge in [0.15, 0.2) is 6.29 Å². The van der Waals surface area contributed by atoms with Crippen LogP contribution in [0.25, 0.3) is 0 Å². The number of aliphatic hydroxyl groups excluding tert-OH is 4. The summed E-state index contributed by atoms with van der Waals surface area (Å²) < 4.78 is 11.4. The summed E-state index contributed by atoms with van der Waals surface area (Å²) in [4.78, 5) is 11.3. The third-order valence-corrected chi connectivity index (χ3v) is 11.4. The summed E-state index contributed by atoms with van der Waals surface area (Å²) in [5, 5.41) is 52.1. The molecule has 0 unspecified atom stereocenters. The van der Waals surface area contributed by atoms with Crippen LogP contribution >= 0.6 is 0 Å². The number of hydrogen-bond donors (Lipinski definition) is 4. The lowest BCUT2D eigenvalue weighted by atomic mass is 9.44. The molecule has 0 radical (unpaired) electrons. The molecule has 0 aromatic rings. The molecule has 4 N–H and O–H groups in total.